The fourth-order valence-corrected chi connectivity index (χ4v) is 5.06. The third-order valence-corrected chi connectivity index (χ3v) is 6.89. The number of aliphatic hydroxyl groups is 1. The molecule has 1 aliphatic heterocycles. The summed E-state index contributed by atoms with van der Waals surface area (Å²) in [5, 5.41) is 10.5. The molecule has 3 aromatic rings. The van der Waals surface area contributed by atoms with Gasteiger partial charge in [0.2, 0.25) is 0 Å². The Labute approximate surface area is 212 Å². The molecular formula is C30H36N2O4. The van der Waals surface area contributed by atoms with Crippen molar-refractivity contribution < 1.29 is 14.6 Å². The summed E-state index contributed by atoms with van der Waals surface area (Å²) in [6.45, 7) is 6.69. The first kappa shape index (κ1) is 25.7. The third kappa shape index (κ3) is 6.05. The van der Waals surface area contributed by atoms with Crippen LogP contribution >= 0.6 is 0 Å². The van der Waals surface area contributed by atoms with E-state index in [-0.39, 0.29) is 11.7 Å². The van der Waals surface area contributed by atoms with Gasteiger partial charge in [0.05, 0.1) is 5.60 Å². The Morgan fingerprint density at radius 3 is 2.42 bits per heavy atom. The van der Waals surface area contributed by atoms with Crippen LogP contribution < -0.4 is 5.56 Å². The standard InChI is InChI=1S/C30H36N2O4/c1-4-23-19-25(20-31-27(23)33)24-14-12-22(13-15-24)9-8-17-32-18-16-30(36-28(32)34,21-29(2,3)35)26-10-6-5-7-11-26/h5-7,10-15,19-20,35H,4,8-9,16-18,21H2,1-3H3,(H,31,33)/t30-/m0/s1. The summed E-state index contributed by atoms with van der Waals surface area (Å²) in [6.07, 6.45) is 4.80. The second-order valence-electron chi connectivity index (χ2n) is 10.4. The van der Waals surface area contributed by atoms with E-state index < -0.39 is 11.2 Å². The summed E-state index contributed by atoms with van der Waals surface area (Å²) in [4.78, 5) is 29.4. The average Bonchev–Trinajstić information content (AvgIpc) is 2.86. The molecule has 1 fully saturated rings. The fourth-order valence-electron chi connectivity index (χ4n) is 5.06. The van der Waals surface area contributed by atoms with E-state index in [2.05, 4.69) is 29.2 Å². The maximum atomic E-state index is 13.0. The number of nitrogens with zero attached hydrogens (tertiary/aromatic N) is 1. The number of aryl methyl sites for hydroxylation is 2. The van der Waals surface area contributed by atoms with Crippen molar-refractivity contribution in [3.8, 4) is 11.1 Å². The molecule has 0 unspecified atom stereocenters. The summed E-state index contributed by atoms with van der Waals surface area (Å²) in [6, 6.07) is 20.0. The van der Waals surface area contributed by atoms with Gasteiger partial charge in [-0.3, -0.25) is 4.79 Å². The zero-order chi connectivity index (χ0) is 25.8. The molecule has 0 aliphatic carbocycles. The van der Waals surface area contributed by atoms with Crippen LogP contribution in [-0.4, -0.2) is 39.8 Å². The first-order valence-corrected chi connectivity index (χ1v) is 12.8. The number of benzene rings is 2. The van der Waals surface area contributed by atoms with E-state index in [1.165, 1.54) is 5.56 Å². The van der Waals surface area contributed by atoms with Crippen LogP contribution in [0.25, 0.3) is 11.1 Å². The van der Waals surface area contributed by atoms with E-state index in [1.54, 1.807) is 24.9 Å². The summed E-state index contributed by atoms with van der Waals surface area (Å²) in [5.74, 6) is 0. The highest BCUT2D eigenvalue weighted by molar-refractivity contribution is 5.69. The number of hydrogen-bond acceptors (Lipinski definition) is 4. The second-order valence-corrected chi connectivity index (χ2v) is 10.4. The Morgan fingerprint density at radius 2 is 1.78 bits per heavy atom. The molecule has 2 heterocycles. The largest absolute Gasteiger partial charge is 0.438 e. The van der Waals surface area contributed by atoms with Crippen LogP contribution in [0.2, 0.25) is 0 Å². The van der Waals surface area contributed by atoms with E-state index in [4.69, 9.17) is 4.74 Å². The topological polar surface area (TPSA) is 82.6 Å². The molecule has 0 saturated carbocycles. The molecule has 6 nitrogen and oxygen atoms in total. The van der Waals surface area contributed by atoms with Crippen LogP contribution in [0.15, 0.2) is 71.7 Å². The molecule has 4 rings (SSSR count). The van der Waals surface area contributed by atoms with Gasteiger partial charge in [0.1, 0.15) is 5.60 Å². The number of nitrogens with one attached hydrogen (secondary N) is 1. The molecule has 1 aromatic heterocycles. The third-order valence-electron chi connectivity index (χ3n) is 6.89. The van der Waals surface area contributed by atoms with Crippen molar-refractivity contribution >= 4 is 6.09 Å². The van der Waals surface area contributed by atoms with Gasteiger partial charge in [0.15, 0.2) is 0 Å². The fraction of sp³-hybridized carbons (Fsp3) is 0.400. The summed E-state index contributed by atoms with van der Waals surface area (Å²) in [7, 11) is 0. The number of aromatic amines is 1. The molecule has 0 bridgehead atoms. The maximum Gasteiger partial charge on any atom is 0.410 e. The molecule has 0 radical (unpaired) electrons. The van der Waals surface area contributed by atoms with E-state index >= 15 is 0 Å². The minimum Gasteiger partial charge on any atom is -0.438 e. The van der Waals surface area contributed by atoms with E-state index in [0.717, 1.165) is 35.1 Å². The van der Waals surface area contributed by atoms with Crippen LogP contribution in [0.3, 0.4) is 0 Å². The number of pyridine rings is 1. The Kier molecular flexibility index (Phi) is 7.65. The van der Waals surface area contributed by atoms with E-state index in [1.807, 2.05) is 43.3 Å². The van der Waals surface area contributed by atoms with Gasteiger partial charge in [-0.1, -0.05) is 61.5 Å². The Morgan fingerprint density at radius 1 is 1.06 bits per heavy atom. The lowest BCUT2D eigenvalue weighted by molar-refractivity contribution is -0.0962. The molecule has 1 amide bonds. The van der Waals surface area contributed by atoms with Crippen LogP contribution in [0.5, 0.6) is 0 Å². The lowest BCUT2D eigenvalue weighted by atomic mass is 9.80. The highest BCUT2D eigenvalue weighted by atomic mass is 16.6. The SMILES string of the molecule is CCc1cc(-c2ccc(CCCN3CC[C@](CC(C)(C)O)(c4ccccc4)OC3=O)cc2)c[nH]c1=O. The lowest BCUT2D eigenvalue weighted by Gasteiger charge is -2.44. The molecule has 2 aromatic carbocycles. The monoisotopic (exact) mass is 488 g/mol. The van der Waals surface area contributed by atoms with Crippen molar-refractivity contribution in [2.24, 2.45) is 0 Å². The highest BCUT2D eigenvalue weighted by Gasteiger charge is 2.45. The minimum atomic E-state index is -0.961. The van der Waals surface area contributed by atoms with E-state index in [9.17, 15) is 14.7 Å². The van der Waals surface area contributed by atoms with Crippen molar-refractivity contribution in [3.05, 3.63) is 93.9 Å². The number of ether oxygens (including phenoxy) is 1. The molecule has 0 spiro atoms. The zero-order valence-corrected chi connectivity index (χ0v) is 21.4. The highest BCUT2D eigenvalue weighted by Crippen LogP contribution is 2.40. The number of aromatic nitrogens is 1. The van der Waals surface area contributed by atoms with Gasteiger partial charge in [0.25, 0.3) is 5.56 Å². The molecule has 36 heavy (non-hydrogen) atoms. The van der Waals surface area contributed by atoms with Gasteiger partial charge in [-0.25, -0.2) is 4.79 Å². The Bertz CT molecular complexity index is 1230. The van der Waals surface area contributed by atoms with Gasteiger partial charge >= 0.3 is 6.09 Å². The Balaban J connectivity index is 1.35. The van der Waals surface area contributed by atoms with Crippen LogP contribution in [-0.2, 0) is 23.2 Å². The number of cyclic esters (lactones) is 1. The number of rotatable bonds is 9. The minimum absolute atomic E-state index is 0.0322. The van der Waals surface area contributed by atoms with Crippen LogP contribution in [0.4, 0.5) is 4.79 Å². The molecule has 190 valence electrons. The molecule has 1 saturated heterocycles. The molecule has 2 N–H and O–H groups in total. The molecule has 6 heteroatoms. The van der Waals surface area contributed by atoms with Gasteiger partial charge in [-0.05, 0) is 61.4 Å². The first-order chi connectivity index (χ1) is 17.2. The van der Waals surface area contributed by atoms with Crippen LogP contribution in [0, 0.1) is 0 Å². The smallest absolute Gasteiger partial charge is 0.410 e. The second kappa shape index (κ2) is 10.7. The summed E-state index contributed by atoms with van der Waals surface area (Å²) in [5.41, 5.74) is 3.16. The summed E-state index contributed by atoms with van der Waals surface area (Å²) < 4.78 is 6.05. The first-order valence-electron chi connectivity index (χ1n) is 12.8. The lowest BCUT2D eigenvalue weighted by Crippen LogP contribution is -2.50. The zero-order valence-electron chi connectivity index (χ0n) is 21.4. The predicted octanol–water partition coefficient (Wildman–Crippen LogP) is 5.44. The van der Waals surface area contributed by atoms with Crippen LogP contribution in [0.1, 0.15) is 56.7 Å². The van der Waals surface area contributed by atoms with Gasteiger partial charge in [-0.15, -0.1) is 0 Å². The number of carbonyl (C=O) groups excluding carboxylic acids is 1. The van der Waals surface area contributed by atoms with Crippen molar-refractivity contribution in [3.63, 3.8) is 0 Å². The number of H-pyrrole nitrogens is 1. The number of hydrogen-bond donors (Lipinski definition) is 2. The van der Waals surface area contributed by atoms with Gasteiger partial charge in [-0.2, -0.15) is 0 Å². The van der Waals surface area contributed by atoms with Crippen molar-refractivity contribution in [1.29, 1.82) is 0 Å². The summed E-state index contributed by atoms with van der Waals surface area (Å²) >= 11 is 0. The maximum absolute atomic E-state index is 13.0. The van der Waals surface area contributed by atoms with Crippen molar-refractivity contribution in [2.75, 3.05) is 13.1 Å². The number of carbonyl (C=O) groups is 1. The molecular weight excluding hydrogens is 452 g/mol. The quantitative estimate of drug-likeness (QED) is 0.420. The normalized spacial score (nSPS) is 18.2. The molecule has 1 atom stereocenters. The number of amides is 1. The predicted molar refractivity (Wildman–Crippen MR) is 142 cm³/mol. The van der Waals surface area contributed by atoms with Crippen molar-refractivity contribution in [1.82, 2.24) is 9.88 Å². The molecule has 1 aliphatic rings. The van der Waals surface area contributed by atoms with Gasteiger partial charge in [0, 0.05) is 37.7 Å². The average molecular weight is 489 g/mol. The van der Waals surface area contributed by atoms with Crippen molar-refractivity contribution in [2.45, 2.75) is 64.1 Å². The van der Waals surface area contributed by atoms with Gasteiger partial charge < -0.3 is 19.7 Å². The van der Waals surface area contributed by atoms with E-state index in [0.29, 0.717) is 32.4 Å². The Hall–Kier alpha value is -3.38.